The Kier molecular flexibility index (Phi) is 10.3. The van der Waals surface area contributed by atoms with E-state index in [1.807, 2.05) is 0 Å². The SMILES string of the molecule is CC(C)(C)C(C(=O)O)C(C(NC(=O)NC(CCCCN)C(=O)O)C(=O)O)C(C)(C)C. The minimum atomic E-state index is -1.54. The Morgan fingerprint density at radius 2 is 1.33 bits per heavy atom. The van der Waals surface area contributed by atoms with Crippen LogP contribution in [0.5, 0.6) is 0 Å². The second-order valence-electron chi connectivity index (χ2n) is 9.68. The molecule has 0 radical (unpaired) electrons. The molecule has 0 aromatic carbocycles. The molecule has 0 aliphatic carbocycles. The molecule has 0 aliphatic rings. The van der Waals surface area contributed by atoms with E-state index in [1.54, 1.807) is 41.5 Å². The van der Waals surface area contributed by atoms with Gasteiger partial charge in [-0.25, -0.2) is 14.4 Å². The Balaban J connectivity index is 5.80. The highest BCUT2D eigenvalue weighted by atomic mass is 16.4. The van der Waals surface area contributed by atoms with Crippen LogP contribution in [0, 0.1) is 22.7 Å². The van der Waals surface area contributed by atoms with Crippen LogP contribution in [0.1, 0.15) is 60.8 Å². The Morgan fingerprint density at radius 1 is 0.800 bits per heavy atom. The predicted molar refractivity (Wildman–Crippen MR) is 111 cm³/mol. The number of carboxylic acid groups (broad SMARTS) is 3. The van der Waals surface area contributed by atoms with E-state index in [0.29, 0.717) is 19.4 Å². The molecular weight excluding hydrogens is 394 g/mol. The van der Waals surface area contributed by atoms with Gasteiger partial charge in [-0.15, -0.1) is 0 Å². The van der Waals surface area contributed by atoms with Gasteiger partial charge in [0.25, 0.3) is 0 Å². The van der Waals surface area contributed by atoms with Gasteiger partial charge in [0.05, 0.1) is 5.92 Å². The Labute approximate surface area is 177 Å². The molecule has 2 amide bonds. The number of carboxylic acids is 3. The van der Waals surface area contributed by atoms with Gasteiger partial charge in [0.2, 0.25) is 0 Å². The summed E-state index contributed by atoms with van der Waals surface area (Å²) in [6.45, 7) is 10.6. The van der Waals surface area contributed by atoms with Crippen LogP contribution in [-0.4, -0.2) is 57.9 Å². The second-order valence-corrected chi connectivity index (χ2v) is 9.68. The molecule has 7 N–H and O–H groups in total. The molecule has 4 atom stereocenters. The van der Waals surface area contributed by atoms with Gasteiger partial charge in [0.15, 0.2) is 0 Å². The third-order valence-electron chi connectivity index (χ3n) is 5.02. The highest BCUT2D eigenvalue weighted by Gasteiger charge is 2.50. The lowest BCUT2D eigenvalue weighted by Crippen LogP contribution is -2.59. The number of hydrogen-bond acceptors (Lipinski definition) is 5. The number of urea groups is 1. The van der Waals surface area contributed by atoms with E-state index >= 15 is 0 Å². The molecule has 0 aromatic rings. The molecule has 174 valence electrons. The summed E-state index contributed by atoms with van der Waals surface area (Å²) in [5.41, 5.74) is 3.81. The predicted octanol–water partition coefficient (Wildman–Crippen LogP) is 1.73. The van der Waals surface area contributed by atoms with Crippen LogP contribution in [0.15, 0.2) is 0 Å². The summed E-state index contributed by atoms with van der Waals surface area (Å²) >= 11 is 0. The molecule has 0 aliphatic heterocycles. The van der Waals surface area contributed by atoms with E-state index < -0.39 is 58.7 Å². The van der Waals surface area contributed by atoms with E-state index in [0.717, 1.165) is 0 Å². The molecule has 0 fully saturated rings. The molecule has 0 spiro atoms. The molecule has 4 unspecified atom stereocenters. The highest BCUT2D eigenvalue weighted by molar-refractivity contribution is 5.86. The lowest BCUT2D eigenvalue weighted by atomic mass is 9.61. The van der Waals surface area contributed by atoms with Crippen LogP contribution >= 0.6 is 0 Å². The smallest absolute Gasteiger partial charge is 0.326 e. The van der Waals surface area contributed by atoms with Gasteiger partial charge in [-0.1, -0.05) is 41.5 Å². The van der Waals surface area contributed by atoms with Crippen molar-refractivity contribution in [1.29, 1.82) is 0 Å². The van der Waals surface area contributed by atoms with Gasteiger partial charge in [0.1, 0.15) is 12.1 Å². The van der Waals surface area contributed by atoms with Crippen molar-refractivity contribution in [3.63, 3.8) is 0 Å². The summed E-state index contributed by atoms with van der Waals surface area (Å²) in [6, 6.07) is -3.73. The molecule has 0 rings (SSSR count). The number of nitrogens with one attached hydrogen (secondary N) is 2. The second kappa shape index (κ2) is 11.1. The maximum atomic E-state index is 12.5. The van der Waals surface area contributed by atoms with Crippen molar-refractivity contribution < 1.29 is 34.5 Å². The fourth-order valence-electron chi connectivity index (χ4n) is 3.65. The molecular formula is C20H37N3O7. The lowest BCUT2D eigenvalue weighted by Gasteiger charge is -2.44. The number of nitrogens with two attached hydrogens (primary N) is 1. The zero-order chi connectivity index (χ0) is 23.9. The highest BCUT2D eigenvalue weighted by Crippen LogP contribution is 2.43. The maximum Gasteiger partial charge on any atom is 0.326 e. The number of hydrogen-bond donors (Lipinski definition) is 6. The number of carbonyl (C=O) groups excluding carboxylic acids is 1. The lowest BCUT2D eigenvalue weighted by molar-refractivity contribution is -0.155. The first kappa shape index (κ1) is 27.6. The minimum Gasteiger partial charge on any atom is -0.481 e. The Morgan fingerprint density at radius 3 is 1.67 bits per heavy atom. The van der Waals surface area contributed by atoms with Crippen molar-refractivity contribution in [3.8, 4) is 0 Å². The molecule has 0 saturated carbocycles. The van der Waals surface area contributed by atoms with E-state index in [2.05, 4.69) is 10.6 Å². The maximum absolute atomic E-state index is 12.5. The molecule has 0 aromatic heterocycles. The zero-order valence-electron chi connectivity index (χ0n) is 18.7. The molecule has 0 bridgehead atoms. The van der Waals surface area contributed by atoms with E-state index in [4.69, 9.17) is 5.73 Å². The van der Waals surface area contributed by atoms with Crippen LogP contribution in [0.3, 0.4) is 0 Å². The fraction of sp³-hybridized carbons (Fsp3) is 0.800. The van der Waals surface area contributed by atoms with Gasteiger partial charge < -0.3 is 31.7 Å². The van der Waals surface area contributed by atoms with Crippen LogP contribution in [0.2, 0.25) is 0 Å². The van der Waals surface area contributed by atoms with E-state index in [-0.39, 0.29) is 6.42 Å². The molecule has 10 nitrogen and oxygen atoms in total. The molecule has 0 heterocycles. The monoisotopic (exact) mass is 431 g/mol. The first-order valence-electron chi connectivity index (χ1n) is 9.99. The van der Waals surface area contributed by atoms with Crippen molar-refractivity contribution in [3.05, 3.63) is 0 Å². The van der Waals surface area contributed by atoms with Crippen molar-refractivity contribution in [2.24, 2.45) is 28.4 Å². The number of rotatable bonds is 11. The number of amides is 2. The third-order valence-corrected chi connectivity index (χ3v) is 5.02. The summed E-state index contributed by atoms with van der Waals surface area (Å²) in [6.07, 6.45) is 1.20. The summed E-state index contributed by atoms with van der Waals surface area (Å²) in [4.78, 5) is 48.0. The average molecular weight is 432 g/mol. The van der Waals surface area contributed by atoms with Gasteiger partial charge in [-0.3, -0.25) is 4.79 Å². The van der Waals surface area contributed by atoms with Crippen LogP contribution in [-0.2, 0) is 14.4 Å². The average Bonchev–Trinajstić information content (AvgIpc) is 2.54. The standard InChI is InChI=1S/C20H37N3O7/c1-19(2,3)12(13(16(26)27)20(4,5)6)14(17(28)29)23-18(30)22-11(15(24)25)9-7-8-10-21/h11-14H,7-10,21H2,1-6H3,(H,24,25)(H,26,27)(H,28,29)(H2,22,23,30). The quantitative estimate of drug-likeness (QED) is 0.268. The van der Waals surface area contributed by atoms with Gasteiger partial charge >= 0.3 is 23.9 Å². The number of carbonyl (C=O) groups is 4. The largest absolute Gasteiger partial charge is 0.481 e. The normalized spacial score (nSPS) is 16.1. The molecule has 0 saturated heterocycles. The van der Waals surface area contributed by atoms with E-state index in [1.165, 1.54) is 0 Å². The first-order chi connectivity index (χ1) is 13.5. The van der Waals surface area contributed by atoms with Gasteiger partial charge in [-0.2, -0.15) is 0 Å². The Hall–Kier alpha value is -2.36. The van der Waals surface area contributed by atoms with Crippen molar-refractivity contribution in [1.82, 2.24) is 10.6 Å². The summed E-state index contributed by atoms with van der Waals surface area (Å²) in [7, 11) is 0. The van der Waals surface area contributed by atoms with Crippen LogP contribution < -0.4 is 16.4 Å². The molecule has 30 heavy (non-hydrogen) atoms. The van der Waals surface area contributed by atoms with Gasteiger partial charge in [-0.05, 0) is 36.6 Å². The zero-order valence-corrected chi connectivity index (χ0v) is 18.7. The summed E-state index contributed by atoms with van der Waals surface area (Å²) in [5, 5.41) is 33.5. The van der Waals surface area contributed by atoms with E-state index in [9.17, 15) is 34.5 Å². The topological polar surface area (TPSA) is 179 Å². The van der Waals surface area contributed by atoms with Crippen LogP contribution in [0.25, 0.3) is 0 Å². The first-order valence-corrected chi connectivity index (χ1v) is 9.99. The molecule has 10 heteroatoms. The number of aliphatic carboxylic acids is 3. The van der Waals surface area contributed by atoms with Crippen LogP contribution in [0.4, 0.5) is 4.79 Å². The Bertz CT molecular complexity index is 623. The minimum absolute atomic E-state index is 0.139. The van der Waals surface area contributed by atoms with Crippen molar-refractivity contribution in [2.75, 3.05) is 6.54 Å². The van der Waals surface area contributed by atoms with Crippen molar-refractivity contribution in [2.45, 2.75) is 72.9 Å². The fourth-order valence-corrected chi connectivity index (χ4v) is 3.65. The third kappa shape index (κ3) is 8.56. The van der Waals surface area contributed by atoms with Gasteiger partial charge in [0, 0.05) is 5.92 Å². The van der Waals surface area contributed by atoms with Crippen molar-refractivity contribution >= 4 is 23.9 Å². The summed E-state index contributed by atoms with van der Waals surface area (Å²) in [5.74, 6) is -5.87. The summed E-state index contributed by atoms with van der Waals surface area (Å²) < 4.78 is 0. The number of unbranched alkanes of at least 4 members (excludes halogenated alkanes) is 1.